The first-order valence-corrected chi connectivity index (χ1v) is 8.12. The molecule has 3 aromatic rings. The minimum absolute atomic E-state index is 0.952. The van der Waals surface area contributed by atoms with E-state index in [1.807, 2.05) is 40.0 Å². The molecule has 1 aromatic heterocycles. The van der Waals surface area contributed by atoms with Crippen LogP contribution in [0, 0.1) is 20.8 Å². The van der Waals surface area contributed by atoms with Crippen LogP contribution in [0.2, 0.25) is 0 Å². The van der Waals surface area contributed by atoms with Crippen LogP contribution in [-0.2, 0) is 0 Å². The molecule has 0 unspecified atom stereocenters. The summed E-state index contributed by atoms with van der Waals surface area (Å²) >= 11 is 0. The van der Waals surface area contributed by atoms with Gasteiger partial charge in [-0.15, -0.1) is 0 Å². The van der Waals surface area contributed by atoms with Gasteiger partial charge in [0.25, 0.3) is 0 Å². The molecule has 0 aliphatic heterocycles. The molecule has 118 valence electrons. The first-order valence-electron chi connectivity index (χ1n) is 8.12. The van der Waals surface area contributed by atoms with E-state index in [1.165, 1.54) is 16.7 Å². The standard InChI is InChI=1S/C19H18N2.C2H6/c1-13-9-10-17(16-7-5-4-6-8-16)11-18(13)19-15(3)21-14(2)12-20-19;1-2/h4-12H,1-3H3;1-2H3. The molecule has 0 saturated heterocycles. The summed E-state index contributed by atoms with van der Waals surface area (Å²) in [6, 6.07) is 16.9. The third kappa shape index (κ3) is 3.84. The molecule has 0 bridgehead atoms. The van der Waals surface area contributed by atoms with Gasteiger partial charge in [0.05, 0.1) is 17.1 Å². The summed E-state index contributed by atoms with van der Waals surface area (Å²) in [5.41, 5.74) is 7.69. The predicted molar refractivity (Wildman–Crippen MR) is 98.5 cm³/mol. The number of nitrogens with zero attached hydrogens (tertiary/aromatic N) is 2. The summed E-state index contributed by atoms with van der Waals surface area (Å²) in [4.78, 5) is 9.11. The molecule has 0 fully saturated rings. The molecule has 3 rings (SSSR count). The fourth-order valence-electron chi connectivity index (χ4n) is 2.55. The number of hydrogen-bond donors (Lipinski definition) is 0. The Morgan fingerprint density at radius 3 is 2.13 bits per heavy atom. The minimum Gasteiger partial charge on any atom is -0.255 e. The lowest BCUT2D eigenvalue weighted by atomic mass is 9.97. The number of hydrogen-bond acceptors (Lipinski definition) is 2. The number of benzene rings is 2. The quantitative estimate of drug-likeness (QED) is 0.601. The van der Waals surface area contributed by atoms with Crippen molar-refractivity contribution in [2.24, 2.45) is 0 Å². The van der Waals surface area contributed by atoms with Gasteiger partial charge in [0.2, 0.25) is 0 Å². The molecule has 0 N–H and O–H groups in total. The molecule has 2 nitrogen and oxygen atoms in total. The first-order chi connectivity index (χ1) is 11.1. The predicted octanol–water partition coefficient (Wildman–Crippen LogP) is 5.76. The van der Waals surface area contributed by atoms with Gasteiger partial charge in [0, 0.05) is 11.8 Å². The second kappa shape index (κ2) is 7.68. The highest BCUT2D eigenvalue weighted by atomic mass is 14.8. The number of aryl methyl sites for hydroxylation is 3. The fraction of sp³-hybridized carbons (Fsp3) is 0.238. The normalized spacial score (nSPS) is 9.96. The van der Waals surface area contributed by atoms with Crippen LogP contribution in [-0.4, -0.2) is 9.97 Å². The van der Waals surface area contributed by atoms with Crippen LogP contribution in [0.3, 0.4) is 0 Å². The van der Waals surface area contributed by atoms with E-state index in [9.17, 15) is 0 Å². The van der Waals surface area contributed by atoms with Crippen molar-refractivity contribution in [1.29, 1.82) is 0 Å². The van der Waals surface area contributed by atoms with E-state index in [1.54, 1.807) is 0 Å². The molecule has 2 heteroatoms. The van der Waals surface area contributed by atoms with Gasteiger partial charge in [-0.25, -0.2) is 0 Å². The van der Waals surface area contributed by atoms with E-state index in [-0.39, 0.29) is 0 Å². The molecule has 0 aliphatic rings. The zero-order valence-electron chi connectivity index (χ0n) is 14.6. The molecule has 0 atom stereocenters. The molecule has 1 heterocycles. The van der Waals surface area contributed by atoms with Crippen LogP contribution in [0.25, 0.3) is 22.4 Å². The van der Waals surface area contributed by atoms with Gasteiger partial charge in [-0.2, -0.15) is 0 Å². The Morgan fingerprint density at radius 2 is 1.48 bits per heavy atom. The van der Waals surface area contributed by atoms with Gasteiger partial charge in [-0.1, -0.05) is 56.3 Å². The van der Waals surface area contributed by atoms with Gasteiger partial charge in [0.15, 0.2) is 0 Å². The molecule has 0 aliphatic carbocycles. The highest BCUT2D eigenvalue weighted by Crippen LogP contribution is 2.29. The lowest BCUT2D eigenvalue weighted by Crippen LogP contribution is -1.96. The van der Waals surface area contributed by atoms with Crippen molar-refractivity contribution < 1.29 is 0 Å². The van der Waals surface area contributed by atoms with Crippen LogP contribution < -0.4 is 0 Å². The van der Waals surface area contributed by atoms with E-state index in [0.717, 1.165) is 22.6 Å². The third-order valence-electron chi connectivity index (χ3n) is 3.67. The lowest BCUT2D eigenvalue weighted by Gasteiger charge is -2.11. The minimum atomic E-state index is 0.952. The van der Waals surface area contributed by atoms with Crippen molar-refractivity contribution in [3.63, 3.8) is 0 Å². The highest BCUT2D eigenvalue weighted by molar-refractivity contribution is 5.74. The molecule has 0 radical (unpaired) electrons. The van der Waals surface area contributed by atoms with Gasteiger partial charge in [0.1, 0.15) is 0 Å². The Hall–Kier alpha value is -2.48. The zero-order valence-corrected chi connectivity index (χ0v) is 14.6. The number of rotatable bonds is 2. The van der Waals surface area contributed by atoms with Crippen molar-refractivity contribution >= 4 is 0 Å². The zero-order chi connectivity index (χ0) is 16.8. The van der Waals surface area contributed by atoms with Crippen molar-refractivity contribution in [3.8, 4) is 22.4 Å². The molecular formula is C21H24N2. The Kier molecular flexibility index (Phi) is 5.64. The van der Waals surface area contributed by atoms with Gasteiger partial charge < -0.3 is 0 Å². The molecule has 0 spiro atoms. The second-order valence-electron chi connectivity index (χ2n) is 5.34. The van der Waals surface area contributed by atoms with E-state index < -0.39 is 0 Å². The monoisotopic (exact) mass is 304 g/mol. The summed E-state index contributed by atoms with van der Waals surface area (Å²) in [6.07, 6.45) is 1.83. The average Bonchev–Trinajstić information content (AvgIpc) is 2.58. The Balaban J connectivity index is 0.000000924. The van der Waals surface area contributed by atoms with E-state index in [0.29, 0.717) is 0 Å². The van der Waals surface area contributed by atoms with E-state index in [2.05, 4.69) is 59.4 Å². The van der Waals surface area contributed by atoms with E-state index >= 15 is 0 Å². The molecule has 0 amide bonds. The Labute approximate surface area is 139 Å². The van der Waals surface area contributed by atoms with Crippen molar-refractivity contribution in [2.75, 3.05) is 0 Å². The van der Waals surface area contributed by atoms with Gasteiger partial charge >= 0.3 is 0 Å². The molecular weight excluding hydrogens is 280 g/mol. The Bertz CT molecular complexity index is 777. The fourth-order valence-corrected chi connectivity index (χ4v) is 2.55. The average molecular weight is 304 g/mol. The maximum absolute atomic E-state index is 4.58. The highest BCUT2D eigenvalue weighted by Gasteiger charge is 2.09. The van der Waals surface area contributed by atoms with Crippen molar-refractivity contribution in [1.82, 2.24) is 9.97 Å². The van der Waals surface area contributed by atoms with Crippen LogP contribution in [0.1, 0.15) is 30.8 Å². The smallest absolute Gasteiger partial charge is 0.0917 e. The molecule has 23 heavy (non-hydrogen) atoms. The maximum Gasteiger partial charge on any atom is 0.0917 e. The first kappa shape index (κ1) is 16.9. The summed E-state index contributed by atoms with van der Waals surface area (Å²) in [5, 5.41) is 0. The van der Waals surface area contributed by atoms with Gasteiger partial charge in [-0.05, 0) is 43.5 Å². The topological polar surface area (TPSA) is 25.8 Å². The maximum atomic E-state index is 4.58. The van der Waals surface area contributed by atoms with Crippen LogP contribution in [0.4, 0.5) is 0 Å². The number of aromatic nitrogens is 2. The summed E-state index contributed by atoms with van der Waals surface area (Å²) in [7, 11) is 0. The lowest BCUT2D eigenvalue weighted by molar-refractivity contribution is 1.06. The molecule has 0 saturated carbocycles. The van der Waals surface area contributed by atoms with Crippen LogP contribution >= 0.6 is 0 Å². The van der Waals surface area contributed by atoms with E-state index in [4.69, 9.17) is 0 Å². The third-order valence-corrected chi connectivity index (χ3v) is 3.67. The summed E-state index contributed by atoms with van der Waals surface area (Å²) in [5.74, 6) is 0. The largest absolute Gasteiger partial charge is 0.255 e. The van der Waals surface area contributed by atoms with Crippen LogP contribution in [0.5, 0.6) is 0 Å². The van der Waals surface area contributed by atoms with Crippen LogP contribution in [0.15, 0.2) is 54.7 Å². The van der Waals surface area contributed by atoms with Gasteiger partial charge in [-0.3, -0.25) is 9.97 Å². The summed E-state index contributed by atoms with van der Waals surface area (Å²) in [6.45, 7) is 10.1. The van der Waals surface area contributed by atoms with Crippen molar-refractivity contribution in [2.45, 2.75) is 34.6 Å². The summed E-state index contributed by atoms with van der Waals surface area (Å²) < 4.78 is 0. The SMILES string of the molecule is CC.Cc1cnc(-c2cc(-c3ccccc3)ccc2C)c(C)n1. The van der Waals surface area contributed by atoms with Crippen molar-refractivity contribution in [3.05, 3.63) is 71.7 Å². The Morgan fingerprint density at radius 1 is 0.783 bits per heavy atom. The second-order valence-corrected chi connectivity index (χ2v) is 5.34. The molecule has 2 aromatic carbocycles.